The highest BCUT2D eigenvalue weighted by Crippen LogP contribution is 2.18. The Labute approximate surface area is 94.3 Å². The first kappa shape index (κ1) is 12.5. The van der Waals surface area contributed by atoms with Gasteiger partial charge in [-0.2, -0.15) is 0 Å². The third-order valence-electron chi connectivity index (χ3n) is 3.14. The van der Waals surface area contributed by atoms with Crippen LogP contribution in [0.5, 0.6) is 0 Å². The third-order valence-corrected chi connectivity index (χ3v) is 3.14. The van der Waals surface area contributed by atoms with Crippen LogP contribution in [0, 0.1) is 5.92 Å². The smallest absolute Gasteiger partial charge is 0.0940 e. The van der Waals surface area contributed by atoms with Crippen molar-refractivity contribution in [1.29, 1.82) is 0 Å². The molecule has 0 aliphatic carbocycles. The first-order valence-electron chi connectivity index (χ1n) is 6.50. The van der Waals surface area contributed by atoms with Gasteiger partial charge in [0.1, 0.15) is 0 Å². The summed E-state index contributed by atoms with van der Waals surface area (Å²) in [5.74, 6) is 1.73. The van der Waals surface area contributed by atoms with Gasteiger partial charge >= 0.3 is 0 Å². The monoisotopic (exact) mass is 210 g/mol. The number of nitrogens with two attached hydrogens (primary N) is 1. The fourth-order valence-electron chi connectivity index (χ4n) is 2.19. The average molecular weight is 210 g/mol. The van der Waals surface area contributed by atoms with E-state index in [1.807, 2.05) is 0 Å². The lowest BCUT2D eigenvalue weighted by atomic mass is 10.0. The Kier molecular flexibility index (Phi) is 5.74. The van der Waals surface area contributed by atoms with E-state index in [1.165, 1.54) is 44.9 Å². The number of aliphatic imine (C=N–C) groups is 1. The number of hydrogen-bond acceptors (Lipinski definition) is 2. The first-order valence-corrected chi connectivity index (χ1v) is 6.50. The molecule has 1 heterocycles. The molecule has 0 aromatic heterocycles. The molecule has 2 nitrogen and oxygen atoms in total. The standard InChI is InChI=1S/C13H26N2/c1-11(2)7-3-4-8-12-9-5-6-10-13(14)15-12/h11-12H,3-10H2,1-2H3,(H2,14,15)/t12-/m0/s1. The summed E-state index contributed by atoms with van der Waals surface area (Å²) >= 11 is 0. The Hall–Kier alpha value is -0.530. The van der Waals surface area contributed by atoms with Crippen molar-refractivity contribution < 1.29 is 0 Å². The predicted octanol–water partition coefficient (Wildman–Crippen LogP) is 3.50. The summed E-state index contributed by atoms with van der Waals surface area (Å²) in [6, 6.07) is 0.527. The normalized spacial score (nSPS) is 22.6. The maximum absolute atomic E-state index is 5.83. The fourth-order valence-corrected chi connectivity index (χ4v) is 2.19. The lowest BCUT2D eigenvalue weighted by Crippen LogP contribution is -2.13. The van der Waals surface area contributed by atoms with E-state index in [9.17, 15) is 0 Å². The predicted molar refractivity (Wildman–Crippen MR) is 67.2 cm³/mol. The number of hydrogen-bond donors (Lipinski definition) is 1. The summed E-state index contributed by atoms with van der Waals surface area (Å²) < 4.78 is 0. The molecule has 1 rings (SSSR count). The maximum Gasteiger partial charge on any atom is 0.0940 e. The molecule has 2 heteroatoms. The van der Waals surface area contributed by atoms with Gasteiger partial charge in [0.05, 0.1) is 11.9 Å². The van der Waals surface area contributed by atoms with E-state index in [-0.39, 0.29) is 0 Å². The Morgan fingerprint density at radius 1 is 1.33 bits per heavy atom. The Balaban J connectivity index is 2.16. The molecule has 0 radical (unpaired) electrons. The van der Waals surface area contributed by atoms with Gasteiger partial charge in [0.15, 0.2) is 0 Å². The van der Waals surface area contributed by atoms with Crippen molar-refractivity contribution in [3.63, 3.8) is 0 Å². The zero-order valence-electron chi connectivity index (χ0n) is 10.3. The average Bonchev–Trinajstić information content (AvgIpc) is 2.37. The van der Waals surface area contributed by atoms with E-state index in [2.05, 4.69) is 18.8 Å². The molecule has 0 aromatic rings. The van der Waals surface area contributed by atoms with Crippen molar-refractivity contribution in [2.75, 3.05) is 0 Å². The molecule has 0 saturated carbocycles. The zero-order valence-corrected chi connectivity index (χ0v) is 10.3. The minimum atomic E-state index is 0.527. The van der Waals surface area contributed by atoms with Gasteiger partial charge in [-0.3, -0.25) is 4.99 Å². The molecular formula is C13H26N2. The highest BCUT2D eigenvalue weighted by molar-refractivity contribution is 5.80. The van der Waals surface area contributed by atoms with Gasteiger partial charge in [-0.15, -0.1) is 0 Å². The summed E-state index contributed by atoms with van der Waals surface area (Å²) in [7, 11) is 0. The number of unbranched alkanes of at least 4 members (excludes halogenated alkanes) is 1. The largest absolute Gasteiger partial charge is 0.387 e. The topological polar surface area (TPSA) is 38.4 Å². The molecule has 0 bridgehead atoms. The van der Waals surface area contributed by atoms with Crippen molar-refractivity contribution >= 4 is 5.84 Å². The second-order valence-corrected chi connectivity index (χ2v) is 5.20. The van der Waals surface area contributed by atoms with Crippen molar-refractivity contribution in [1.82, 2.24) is 0 Å². The molecule has 88 valence electrons. The van der Waals surface area contributed by atoms with Gasteiger partial charge in [0.2, 0.25) is 0 Å². The van der Waals surface area contributed by atoms with Crippen LogP contribution in [0.15, 0.2) is 4.99 Å². The van der Waals surface area contributed by atoms with E-state index in [0.29, 0.717) is 6.04 Å². The van der Waals surface area contributed by atoms with Crippen molar-refractivity contribution in [2.45, 2.75) is 71.3 Å². The number of nitrogens with zero attached hydrogens (tertiary/aromatic N) is 1. The third kappa shape index (κ3) is 5.81. The van der Waals surface area contributed by atoms with Gasteiger partial charge in [-0.25, -0.2) is 0 Å². The minimum absolute atomic E-state index is 0.527. The van der Waals surface area contributed by atoms with Crippen LogP contribution in [-0.2, 0) is 0 Å². The fraction of sp³-hybridized carbons (Fsp3) is 0.923. The van der Waals surface area contributed by atoms with E-state index >= 15 is 0 Å². The molecule has 15 heavy (non-hydrogen) atoms. The van der Waals surface area contributed by atoms with Crippen molar-refractivity contribution in [3.8, 4) is 0 Å². The van der Waals surface area contributed by atoms with Crippen LogP contribution in [0.3, 0.4) is 0 Å². The van der Waals surface area contributed by atoms with Crippen molar-refractivity contribution in [3.05, 3.63) is 0 Å². The van der Waals surface area contributed by atoms with Gasteiger partial charge in [0.25, 0.3) is 0 Å². The van der Waals surface area contributed by atoms with Gasteiger partial charge in [0, 0.05) is 6.42 Å². The van der Waals surface area contributed by atoms with E-state index in [0.717, 1.165) is 18.2 Å². The zero-order chi connectivity index (χ0) is 11.1. The Morgan fingerprint density at radius 3 is 2.87 bits per heavy atom. The highest BCUT2D eigenvalue weighted by atomic mass is 14.9. The molecular weight excluding hydrogens is 184 g/mol. The molecule has 0 aromatic carbocycles. The number of rotatable bonds is 5. The lowest BCUT2D eigenvalue weighted by Gasteiger charge is -2.11. The second kappa shape index (κ2) is 6.86. The molecule has 0 saturated heterocycles. The van der Waals surface area contributed by atoms with Crippen LogP contribution in [0.1, 0.15) is 65.2 Å². The van der Waals surface area contributed by atoms with Gasteiger partial charge in [-0.1, -0.05) is 39.5 Å². The molecule has 1 atom stereocenters. The summed E-state index contributed by atoms with van der Waals surface area (Å²) in [6.45, 7) is 4.59. The van der Waals surface area contributed by atoms with Crippen LogP contribution in [0.25, 0.3) is 0 Å². The molecule has 0 fully saturated rings. The Morgan fingerprint density at radius 2 is 2.13 bits per heavy atom. The van der Waals surface area contributed by atoms with Crippen LogP contribution < -0.4 is 5.73 Å². The number of amidine groups is 1. The van der Waals surface area contributed by atoms with E-state index in [4.69, 9.17) is 5.73 Å². The second-order valence-electron chi connectivity index (χ2n) is 5.20. The van der Waals surface area contributed by atoms with Crippen LogP contribution in [0.4, 0.5) is 0 Å². The molecule has 0 amide bonds. The summed E-state index contributed by atoms with van der Waals surface area (Å²) in [4.78, 5) is 4.59. The highest BCUT2D eigenvalue weighted by Gasteiger charge is 2.11. The summed E-state index contributed by atoms with van der Waals surface area (Å²) in [5, 5.41) is 0. The SMILES string of the molecule is CC(C)CCCC[C@H]1CCCCC(N)=N1. The van der Waals surface area contributed by atoms with Crippen molar-refractivity contribution in [2.24, 2.45) is 16.6 Å². The lowest BCUT2D eigenvalue weighted by molar-refractivity contribution is 0.482. The van der Waals surface area contributed by atoms with Gasteiger partial charge in [-0.05, 0) is 25.2 Å². The van der Waals surface area contributed by atoms with E-state index < -0.39 is 0 Å². The van der Waals surface area contributed by atoms with Crippen LogP contribution in [-0.4, -0.2) is 11.9 Å². The van der Waals surface area contributed by atoms with Crippen LogP contribution in [0.2, 0.25) is 0 Å². The minimum Gasteiger partial charge on any atom is -0.387 e. The van der Waals surface area contributed by atoms with E-state index in [1.54, 1.807) is 0 Å². The first-order chi connectivity index (χ1) is 7.18. The Bertz CT molecular complexity index is 197. The quantitative estimate of drug-likeness (QED) is 0.693. The molecule has 1 aliphatic heterocycles. The van der Waals surface area contributed by atoms with Gasteiger partial charge < -0.3 is 5.73 Å². The molecule has 0 spiro atoms. The van der Waals surface area contributed by atoms with Crippen LogP contribution >= 0.6 is 0 Å². The summed E-state index contributed by atoms with van der Waals surface area (Å²) in [5.41, 5.74) is 5.83. The molecule has 2 N–H and O–H groups in total. The molecule has 0 unspecified atom stereocenters. The maximum atomic E-state index is 5.83. The summed E-state index contributed by atoms with van der Waals surface area (Å²) in [6.07, 6.45) is 10.1. The molecule has 1 aliphatic rings.